The third kappa shape index (κ3) is 3.74. The molecule has 5 atom stereocenters. The largest absolute Gasteiger partial charge is 0.507 e. The Kier molecular flexibility index (Phi) is 5.69. The molecule has 2 N–H and O–H groups in total. The van der Waals surface area contributed by atoms with Gasteiger partial charge in [-0.2, -0.15) is 0 Å². The van der Waals surface area contributed by atoms with Crippen LogP contribution in [0.2, 0.25) is 0 Å². The summed E-state index contributed by atoms with van der Waals surface area (Å²) >= 11 is 1.64. The van der Waals surface area contributed by atoms with Crippen LogP contribution in [0, 0.1) is 17.3 Å². The summed E-state index contributed by atoms with van der Waals surface area (Å²) in [5, 5.41) is 22.5. The summed E-state index contributed by atoms with van der Waals surface area (Å²) in [6.07, 6.45) is 9.34. The Morgan fingerprint density at radius 1 is 1.03 bits per heavy atom. The molecule has 0 heterocycles. The third-order valence-corrected chi connectivity index (χ3v) is 10.4. The molecule has 4 unspecified atom stereocenters. The molecule has 3 heteroatoms. The second kappa shape index (κ2) is 8.05. The molecule has 3 aliphatic carbocycles. The summed E-state index contributed by atoms with van der Waals surface area (Å²) in [6, 6.07) is 13.3. The second-order valence-corrected chi connectivity index (χ2v) is 13.1. The molecule has 0 aromatic heterocycles. The molecule has 0 aliphatic heterocycles. The number of phenols is 1. The van der Waals surface area contributed by atoms with Gasteiger partial charge in [0.1, 0.15) is 5.75 Å². The Labute approximate surface area is 204 Å². The second-order valence-electron chi connectivity index (χ2n) is 12.3. The zero-order valence-corrected chi connectivity index (χ0v) is 21.8. The van der Waals surface area contributed by atoms with Crippen molar-refractivity contribution in [2.45, 2.75) is 94.5 Å². The van der Waals surface area contributed by atoms with Crippen molar-refractivity contribution in [3.63, 3.8) is 0 Å². The number of benzene rings is 2. The number of aromatic hydroxyl groups is 1. The van der Waals surface area contributed by atoms with Crippen molar-refractivity contribution in [3.05, 3.63) is 58.7 Å². The molecule has 3 aliphatic rings. The quantitative estimate of drug-likeness (QED) is 0.470. The van der Waals surface area contributed by atoms with Crippen LogP contribution in [-0.2, 0) is 18.3 Å². The summed E-state index contributed by atoms with van der Waals surface area (Å²) in [5.74, 6) is 2.24. The van der Waals surface area contributed by atoms with E-state index in [0.717, 1.165) is 43.4 Å². The van der Waals surface area contributed by atoms with Gasteiger partial charge in [-0.15, -0.1) is 11.8 Å². The first-order valence-corrected chi connectivity index (χ1v) is 14.0. The number of rotatable bonds is 3. The molecular weight excluding hydrogens is 424 g/mol. The molecule has 5 rings (SSSR count). The van der Waals surface area contributed by atoms with Gasteiger partial charge in [-0.1, -0.05) is 52.0 Å². The Bertz CT molecular complexity index is 1040. The molecule has 0 bridgehead atoms. The van der Waals surface area contributed by atoms with Crippen molar-refractivity contribution in [1.82, 2.24) is 0 Å². The van der Waals surface area contributed by atoms with Crippen LogP contribution in [0.4, 0.5) is 0 Å². The molecule has 0 amide bonds. The molecule has 178 valence electrons. The molecule has 2 fully saturated rings. The first-order chi connectivity index (χ1) is 15.6. The Balaban J connectivity index is 1.40. The van der Waals surface area contributed by atoms with Crippen molar-refractivity contribution in [1.29, 1.82) is 0 Å². The Morgan fingerprint density at radius 2 is 1.76 bits per heavy atom. The fourth-order valence-electron chi connectivity index (χ4n) is 7.61. The van der Waals surface area contributed by atoms with E-state index in [4.69, 9.17) is 0 Å². The average Bonchev–Trinajstić information content (AvgIpc) is 3.03. The van der Waals surface area contributed by atoms with Crippen LogP contribution < -0.4 is 0 Å². The molecule has 2 aromatic carbocycles. The number of aliphatic hydroxyl groups is 1. The average molecular weight is 465 g/mol. The maximum absolute atomic E-state index is 12.1. The minimum atomic E-state index is -0.619. The molecule has 0 spiro atoms. The third-order valence-electron chi connectivity index (χ3n) is 9.66. The lowest BCUT2D eigenvalue weighted by molar-refractivity contribution is -0.102. The van der Waals surface area contributed by atoms with E-state index in [1.54, 1.807) is 11.8 Å². The summed E-state index contributed by atoms with van der Waals surface area (Å²) in [5.41, 5.74) is 4.96. The van der Waals surface area contributed by atoms with E-state index < -0.39 is 5.60 Å². The van der Waals surface area contributed by atoms with Crippen molar-refractivity contribution < 1.29 is 10.2 Å². The number of hydrogen-bond donors (Lipinski definition) is 2. The lowest BCUT2D eigenvalue weighted by atomic mass is 9.53. The van der Waals surface area contributed by atoms with Crippen LogP contribution in [0.5, 0.6) is 5.75 Å². The first kappa shape index (κ1) is 23.3. The highest BCUT2D eigenvalue weighted by atomic mass is 32.2. The standard InChI is InChI=1S/C30H40O2S/c1-28(2,3)21-9-6-19(7-10-21)18-30(32)15-13-25-23-11-8-20-16-26(31)27(33-5)17-24(20)22(23)12-14-29(25,30)4/h6-7,9-10,16-17,22-23,25,31-32H,8,11-15,18H2,1-5H3/t22?,23?,25?,29-,30?/m0/s1. The lowest BCUT2D eigenvalue weighted by Crippen LogP contribution is -2.51. The Morgan fingerprint density at radius 3 is 2.42 bits per heavy atom. The SMILES string of the molecule is CSc1cc2c(cc1O)CCC1C2CC[C@@]2(C)C1CCC2(O)Cc1ccc(C(C)(C)C)cc1. The highest BCUT2D eigenvalue weighted by Crippen LogP contribution is 2.65. The van der Waals surface area contributed by atoms with E-state index in [0.29, 0.717) is 23.5 Å². The van der Waals surface area contributed by atoms with E-state index in [-0.39, 0.29) is 10.8 Å². The summed E-state index contributed by atoms with van der Waals surface area (Å²) in [4.78, 5) is 1.00. The summed E-state index contributed by atoms with van der Waals surface area (Å²) in [7, 11) is 0. The van der Waals surface area contributed by atoms with Gasteiger partial charge in [-0.25, -0.2) is 0 Å². The molecule has 2 aromatic rings. The van der Waals surface area contributed by atoms with Gasteiger partial charge < -0.3 is 10.2 Å². The van der Waals surface area contributed by atoms with E-state index in [1.807, 2.05) is 12.3 Å². The summed E-state index contributed by atoms with van der Waals surface area (Å²) < 4.78 is 0. The van der Waals surface area contributed by atoms with Gasteiger partial charge in [0.15, 0.2) is 0 Å². The van der Waals surface area contributed by atoms with Crippen LogP contribution in [0.15, 0.2) is 41.3 Å². The number of phenolic OH excluding ortho intramolecular Hbond substituents is 1. The lowest BCUT2D eigenvalue weighted by Gasteiger charge is -2.53. The number of thioether (sulfide) groups is 1. The maximum Gasteiger partial charge on any atom is 0.129 e. The number of fused-ring (bicyclic) bond motifs is 5. The van der Waals surface area contributed by atoms with Crippen molar-refractivity contribution in [2.75, 3.05) is 6.26 Å². The van der Waals surface area contributed by atoms with Crippen LogP contribution in [-0.4, -0.2) is 22.1 Å². The summed E-state index contributed by atoms with van der Waals surface area (Å²) in [6.45, 7) is 9.15. The maximum atomic E-state index is 12.1. The molecule has 2 nitrogen and oxygen atoms in total. The van der Waals surface area contributed by atoms with Gasteiger partial charge in [-0.05, 0) is 108 Å². The van der Waals surface area contributed by atoms with Crippen LogP contribution in [0.25, 0.3) is 0 Å². The molecule has 0 radical (unpaired) electrons. The smallest absolute Gasteiger partial charge is 0.129 e. The van der Waals surface area contributed by atoms with E-state index >= 15 is 0 Å². The predicted molar refractivity (Wildman–Crippen MR) is 138 cm³/mol. The van der Waals surface area contributed by atoms with Gasteiger partial charge in [-0.3, -0.25) is 0 Å². The van der Waals surface area contributed by atoms with Gasteiger partial charge in [0, 0.05) is 11.3 Å². The minimum Gasteiger partial charge on any atom is -0.507 e. The zero-order valence-electron chi connectivity index (χ0n) is 20.9. The van der Waals surface area contributed by atoms with Crippen molar-refractivity contribution in [2.24, 2.45) is 17.3 Å². The fourth-order valence-corrected chi connectivity index (χ4v) is 8.12. The van der Waals surface area contributed by atoms with Gasteiger partial charge in [0.25, 0.3) is 0 Å². The van der Waals surface area contributed by atoms with E-state index in [2.05, 4.69) is 58.0 Å². The van der Waals surface area contributed by atoms with Crippen LogP contribution >= 0.6 is 11.8 Å². The normalized spacial score (nSPS) is 33.3. The van der Waals surface area contributed by atoms with Gasteiger partial charge in [0.05, 0.1) is 5.60 Å². The van der Waals surface area contributed by atoms with Gasteiger partial charge in [0.2, 0.25) is 0 Å². The topological polar surface area (TPSA) is 40.5 Å². The van der Waals surface area contributed by atoms with Crippen LogP contribution in [0.3, 0.4) is 0 Å². The highest BCUT2D eigenvalue weighted by molar-refractivity contribution is 7.98. The monoisotopic (exact) mass is 464 g/mol. The molecule has 33 heavy (non-hydrogen) atoms. The number of aryl methyl sites for hydroxylation is 1. The van der Waals surface area contributed by atoms with Crippen molar-refractivity contribution >= 4 is 11.8 Å². The zero-order chi connectivity index (χ0) is 23.6. The number of hydrogen-bond acceptors (Lipinski definition) is 3. The van der Waals surface area contributed by atoms with Crippen molar-refractivity contribution in [3.8, 4) is 5.75 Å². The van der Waals surface area contributed by atoms with E-state index in [9.17, 15) is 10.2 Å². The first-order valence-electron chi connectivity index (χ1n) is 12.8. The highest BCUT2D eigenvalue weighted by Gasteiger charge is 2.61. The van der Waals surface area contributed by atoms with E-state index in [1.165, 1.54) is 28.7 Å². The Hall–Kier alpha value is -1.45. The van der Waals surface area contributed by atoms with Crippen LogP contribution in [0.1, 0.15) is 88.0 Å². The minimum absolute atomic E-state index is 0.0202. The molecular formula is C30H40O2S. The molecule has 2 saturated carbocycles. The fraction of sp³-hybridized carbons (Fsp3) is 0.600. The van der Waals surface area contributed by atoms with Gasteiger partial charge >= 0.3 is 0 Å². The predicted octanol–water partition coefficient (Wildman–Crippen LogP) is 7.24. The molecule has 0 saturated heterocycles.